The fraction of sp³-hybridized carbons (Fsp3) is 0.857. The van der Waals surface area contributed by atoms with E-state index in [2.05, 4.69) is 5.32 Å². The molecule has 0 aromatic rings. The smallest absolute Gasteiger partial charge is 0.223 e. The highest BCUT2D eigenvalue weighted by Gasteiger charge is 2.36. The number of carbonyl (C=O) groups excluding carboxylic acids is 1. The zero-order chi connectivity index (χ0) is 13.6. The molecule has 0 spiro atoms. The maximum atomic E-state index is 12.3. The minimum absolute atomic E-state index is 0.0829. The average molecular weight is 270 g/mol. The number of nitrogens with one attached hydrogen (secondary N) is 1. The second-order valence-electron chi connectivity index (χ2n) is 5.36. The monoisotopic (exact) mass is 270 g/mol. The van der Waals surface area contributed by atoms with E-state index in [1.807, 2.05) is 13.8 Å². The Bertz CT molecular complexity index is 292. The largest absolute Gasteiger partial charge is 0.391 e. The van der Waals surface area contributed by atoms with Gasteiger partial charge in [-0.1, -0.05) is 51.7 Å². The Morgan fingerprint density at radius 2 is 1.72 bits per heavy atom. The van der Waals surface area contributed by atoms with E-state index in [4.69, 9.17) is 18.0 Å². The molecule has 1 saturated carbocycles. The van der Waals surface area contributed by atoms with Gasteiger partial charge in [0.2, 0.25) is 5.91 Å². The van der Waals surface area contributed by atoms with Gasteiger partial charge in [0.1, 0.15) is 0 Å². The predicted octanol–water partition coefficient (Wildman–Crippen LogP) is 2.92. The molecule has 0 aromatic heterocycles. The maximum absolute atomic E-state index is 12.3. The molecule has 1 aliphatic rings. The Morgan fingerprint density at radius 3 is 2.11 bits per heavy atom. The van der Waals surface area contributed by atoms with Gasteiger partial charge in [0.25, 0.3) is 0 Å². The summed E-state index contributed by atoms with van der Waals surface area (Å²) in [5.74, 6) is 0.203. The van der Waals surface area contributed by atoms with Gasteiger partial charge in [-0.15, -0.1) is 0 Å². The molecule has 0 heterocycles. The van der Waals surface area contributed by atoms with Crippen LogP contribution in [0.2, 0.25) is 0 Å². The van der Waals surface area contributed by atoms with Gasteiger partial charge in [-0.2, -0.15) is 0 Å². The normalized spacial score (nSPS) is 19.3. The topological polar surface area (TPSA) is 55.1 Å². The average Bonchev–Trinajstić information content (AvgIpc) is 2.57. The molecule has 18 heavy (non-hydrogen) atoms. The van der Waals surface area contributed by atoms with Crippen LogP contribution < -0.4 is 11.1 Å². The van der Waals surface area contributed by atoms with Crippen LogP contribution in [0.1, 0.15) is 65.2 Å². The fourth-order valence-corrected chi connectivity index (χ4v) is 3.02. The highest BCUT2D eigenvalue weighted by atomic mass is 32.1. The van der Waals surface area contributed by atoms with Gasteiger partial charge >= 0.3 is 0 Å². The van der Waals surface area contributed by atoms with Crippen molar-refractivity contribution in [2.75, 3.05) is 0 Å². The third-order valence-corrected chi connectivity index (χ3v) is 4.54. The number of thiocarbonyl (C=S) groups is 1. The predicted molar refractivity (Wildman–Crippen MR) is 79.4 cm³/mol. The van der Waals surface area contributed by atoms with Crippen molar-refractivity contribution in [3.63, 3.8) is 0 Å². The van der Waals surface area contributed by atoms with Crippen LogP contribution in [-0.4, -0.2) is 16.4 Å². The molecule has 0 aliphatic heterocycles. The molecule has 4 heteroatoms. The summed E-state index contributed by atoms with van der Waals surface area (Å²) in [7, 11) is 0. The molecule has 3 N–H and O–H groups in total. The summed E-state index contributed by atoms with van der Waals surface area (Å²) in [6.45, 7) is 4.10. The lowest BCUT2D eigenvalue weighted by Crippen LogP contribution is -2.57. The molecule has 0 radical (unpaired) electrons. The molecule has 3 nitrogen and oxygen atoms in total. The molecule has 1 rings (SSSR count). The number of nitrogens with two attached hydrogens (primary N) is 1. The number of hydrogen-bond donors (Lipinski definition) is 2. The van der Waals surface area contributed by atoms with Crippen molar-refractivity contribution >= 4 is 23.1 Å². The lowest BCUT2D eigenvalue weighted by molar-refractivity contribution is -0.126. The number of hydrogen-bond acceptors (Lipinski definition) is 2. The molecule has 1 aliphatic carbocycles. The first-order valence-electron chi connectivity index (χ1n) is 7.17. The van der Waals surface area contributed by atoms with Crippen molar-refractivity contribution in [3.8, 4) is 0 Å². The van der Waals surface area contributed by atoms with Crippen LogP contribution in [-0.2, 0) is 4.79 Å². The standard InChI is InChI=1S/C14H26N2OS/c1-3-11(4-2)12(17)16-14(13(15)18)9-7-5-6-8-10-14/h11H,3-10H2,1-2H3,(H2,15,18)(H,16,17). The summed E-state index contributed by atoms with van der Waals surface area (Å²) in [5, 5.41) is 3.17. The maximum Gasteiger partial charge on any atom is 0.223 e. The first kappa shape index (κ1) is 15.4. The third-order valence-electron chi connectivity index (χ3n) is 4.15. The van der Waals surface area contributed by atoms with E-state index in [0.717, 1.165) is 38.5 Å². The Labute approximate surface area is 116 Å². The number of amides is 1. The first-order valence-corrected chi connectivity index (χ1v) is 7.58. The van der Waals surface area contributed by atoms with E-state index >= 15 is 0 Å². The third kappa shape index (κ3) is 3.67. The number of rotatable bonds is 5. The Balaban J connectivity index is 2.78. The molecule has 0 bridgehead atoms. The zero-order valence-corrected chi connectivity index (χ0v) is 12.4. The van der Waals surface area contributed by atoms with Gasteiger partial charge in [0.05, 0.1) is 10.5 Å². The molecular formula is C14H26N2OS. The minimum atomic E-state index is -0.425. The zero-order valence-electron chi connectivity index (χ0n) is 11.6. The van der Waals surface area contributed by atoms with Crippen molar-refractivity contribution in [1.29, 1.82) is 0 Å². The number of carbonyl (C=O) groups is 1. The minimum Gasteiger partial charge on any atom is -0.391 e. The van der Waals surface area contributed by atoms with Crippen LogP contribution in [0.3, 0.4) is 0 Å². The van der Waals surface area contributed by atoms with Crippen LogP contribution in [0.15, 0.2) is 0 Å². The molecule has 0 unspecified atom stereocenters. The molecular weight excluding hydrogens is 244 g/mol. The van der Waals surface area contributed by atoms with E-state index in [1.165, 1.54) is 12.8 Å². The lowest BCUT2D eigenvalue weighted by atomic mass is 9.88. The lowest BCUT2D eigenvalue weighted by Gasteiger charge is -2.34. The molecule has 0 atom stereocenters. The molecule has 0 saturated heterocycles. The van der Waals surface area contributed by atoms with Crippen LogP contribution >= 0.6 is 12.2 Å². The van der Waals surface area contributed by atoms with E-state index < -0.39 is 5.54 Å². The van der Waals surface area contributed by atoms with Crippen molar-refractivity contribution in [1.82, 2.24) is 5.32 Å². The SMILES string of the molecule is CCC(CC)C(=O)NC1(C(N)=S)CCCCCC1. The second-order valence-corrected chi connectivity index (χ2v) is 5.80. The second kappa shape index (κ2) is 7.07. The highest BCUT2D eigenvalue weighted by molar-refractivity contribution is 7.80. The van der Waals surface area contributed by atoms with Gasteiger partial charge in [0, 0.05) is 5.92 Å². The van der Waals surface area contributed by atoms with E-state index in [-0.39, 0.29) is 11.8 Å². The van der Waals surface area contributed by atoms with Crippen molar-refractivity contribution in [2.45, 2.75) is 70.8 Å². The van der Waals surface area contributed by atoms with Crippen molar-refractivity contribution in [2.24, 2.45) is 11.7 Å². The van der Waals surface area contributed by atoms with Crippen molar-refractivity contribution in [3.05, 3.63) is 0 Å². The summed E-state index contributed by atoms with van der Waals surface area (Å²) in [5.41, 5.74) is 5.49. The van der Waals surface area contributed by atoms with Crippen LogP contribution in [0.4, 0.5) is 0 Å². The summed E-state index contributed by atoms with van der Waals surface area (Å²) in [4.78, 5) is 12.7. The van der Waals surface area contributed by atoms with E-state index in [0.29, 0.717) is 4.99 Å². The molecule has 0 aromatic carbocycles. The summed E-state index contributed by atoms with van der Waals surface area (Å²) in [6.07, 6.45) is 8.16. The quantitative estimate of drug-likeness (QED) is 0.596. The van der Waals surface area contributed by atoms with Crippen LogP contribution in [0.25, 0.3) is 0 Å². The molecule has 104 valence electrons. The highest BCUT2D eigenvalue weighted by Crippen LogP contribution is 2.28. The van der Waals surface area contributed by atoms with Gasteiger partial charge < -0.3 is 11.1 Å². The Morgan fingerprint density at radius 1 is 1.22 bits per heavy atom. The van der Waals surface area contributed by atoms with E-state index in [9.17, 15) is 4.79 Å². The fourth-order valence-electron chi connectivity index (χ4n) is 2.76. The van der Waals surface area contributed by atoms with Crippen LogP contribution in [0, 0.1) is 5.92 Å². The Kier molecular flexibility index (Phi) is 6.06. The van der Waals surface area contributed by atoms with Gasteiger partial charge in [0.15, 0.2) is 0 Å². The Hall–Kier alpha value is -0.640. The molecule has 1 amide bonds. The van der Waals surface area contributed by atoms with Crippen LogP contribution in [0.5, 0.6) is 0 Å². The molecule has 1 fully saturated rings. The van der Waals surface area contributed by atoms with Crippen molar-refractivity contribution < 1.29 is 4.79 Å². The summed E-state index contributed by atoms with van der Waals surface area (Å²) in [6, 6.07) is 0. The van der Waals surface area contributed by atoms with E-state index in [1.54, 1.807) is 0 Å². The summed E-state index contributed by atoms with van der Waals surface area (Å²) < 4.78 is 0. The van der Waals surface area contributed by atoms with Gasteiger partial charge in [-0.3, -0.25) is 4.79 Å². The van der Waals surface area contributed by atoms with Gasteiger partial charge in [-0.25, -0.2) is 0 Å². The van der Waals surface area contributed by atoms with Gasteiger partial charge in [-0.05, 0) is 25.7 Å². The summed E-state index contributed by atoms with van der Waals surface area (Å²) >= 11 is 5.23. The first-order chi connectivity index (χ1) is 8.55.